The van der Waals surface area contributed by atoms with E-state index >= 15 is 0 Å². The third kappa shape index (κ3) is 2.58. The molecule has 0 N–H and O–H groups in total. The van der Waals surface area contributed by atoms with Gasteiger partial charge in [0.1, 0.15) is 0 Å². The lowest BCUT2D eigenvalue weighted by Crippen LogP contribution is -2.24. The average Bonchev–Trinajstić information content (AvgIpc) is 2.19. The molecule has 1 aromatic rings. The lowest BCUT2D eigenvalue weighted by molar-refractivity contribution is 0.419. The maximum Gasteiger partial charge on any atom is -0.0110 e. The van der Waals surface area contributed by atoms with Crippen LogP contribution in [-0.2, 0) is 0 Å². The van der Waals surface area contributed by atoms with Gasteiger partial charge in [0.05, 0.1) is 0 Å². The molecule has 1 aromatic carbocycles. The maximum absolute atomic E-state index is 2.47. The van der Waals surface area contributed by atoms with E-state index in [2.05, 4.69) is 37.3 Å². The van der Waals surface area contributed by atoms with Gasteiger partial charge in [-0.3, -0.25) is 0 Å². The second-order valence-corrected chi connectivity index (χ2v) is 6.65. The first-order valence-corrected chi connectivity index (χ1v) is 6.62. The average molecular weight is 206 g/mol. The Hall–Kier alpha value is -0.350. The summed E-state index contributed by atoms with van der Waals surface area (Å²) in [6.07, 6.45) is 7.20. The molecule has 14 heavy (non-hydrogen) atoms. The summed E-state index contributed by atoms with van der Waals surface area (Å²) in [5.74, 6) is 0. The van der Waals surface area contributed by atoms with Gasteiger partial charge in [0.25, 0.3) is 0 Å². The highest BCUT2D eigenvalue weighted by molar-refractivity contribution is 7.48. The molecule has 0 aromatic heterocycles. The fourth-order valence-corrected chi connectivity index (χ4v) is 3.99. The van der Waals surface area contributed by atoms with Crippen molar-refractivity contribution in [2.45, 2.75) is 44.2 Å². The Labute approximate surface area is 88.9 Å². The van der Waals surface area contributed by atoms with Crippen molar-refractivity contribution >= 4 is 13.9 Å². The van der Waals surface area contributed by atoms with Crippen LogP contribution in [0.2, 0.25) is 0 Å². The molecule has 76 valence electrons. The lowest BCUT2D eigenvalue weighted by atomic mass is 9.90. The van der Waals surface area contributed by atoms with Crippen LogP contribution in [-0.4, -0.2) is 5.16 Å². The molecule has 1 fully saturated rings. The highest BCUT2D eigenvalue weighted by atomic mass is 31.1. The summed E-state index contributed by atoms with van der Waals surface area (Å²) >= 11 is 0. The zero-order chi connectivity index (χ0) is 9.86. The second kappa shape index (κ2) is 4.45. The maximum atomic E-state index is 2.47. The van der Waals surface area contributed by atoms with Crippen molar-refractivity contribution in [3.63, 3.8) is 0 Å². The van der Waals surface area contributed by atoms with Crippen LogP contribution in [0.4, 0.5) is 0 Å². The van der Waals surface area contributed by atoms with Crippen LogP contribution < -0.4 is 5.30 Å². The first-order valence-electron chi connectivity index (χ1n) is 5.62. The van der Waals surface area contributed by atoms with Gasteiger partial charge in [0, 0.05) is 0 Å². The van der Waals surface area contributed by atoms with E-state index in [0.717, 1.165) is 8.58 Å². The smallest absolute Gasteiger partial charge is 0.0110 e. The zero-order valence-electron chi connectivity index (χ0n) is 8.92. The van der Waals surface area contributed by atoms with Gasteiger partial charge < -0.3 is 0 Å². The number of rotatable bonds is 2. The zero-order valence-corrected chi connectivity index (χ0v) is 9.92. The Morgan fingerprint density at radius 1 is 1.00 bits per heavy atom. The SMILES string of the molecule is CC1(Pc2ccccc2)CCCCC1. The molecule has 1 aliphatic rings. The summed E-state index contributed by atoms with van der Waals surface area (Å²) in [5, 5.41) is 2.15. The largest absolute Gasteiger partial charge is 0.0843 e. The minimum atomic E-state index is 0.611. The van der Waals surface area contributed by atoms with Crippen LogP contribution in [0.5, 0.6) is 0 Å². The number of benzene rings is 1. The van der Waals surface area contributed by atoms with E-state index < -0.39 is 0 Å². The topological polar surface area (TPSA) is 0 Å². The molecule has 0 spiro atoms. The van der Waals surface area contributed by atoms with E-state index in [1.165, 1.54) is 37.4 Å². The first kappa shape index (κ1) is 10.2. The van der Waals surface area contributed by atoms with Crippen molar-refractivity contribution in [2.24, 2.45) is 0 Å². The molecule has 1 aliphatic carbocycles. The number of hydrogen-bond donors (Lipinski definition) is 0. The molecular weight excluding hydrogens is 187 g/mol. The van der Waals surface area contributed by atoms with Crippen LogP contribution in [0.15, 0.2) is 30.3 Å². The highest BCUT2D eigenvalue weighted by Gasteiger charge is 2.26. The van der Waals surface area contributed by atoms with Crippen molar-refractivity contribution in [1.82, 2.24) is 0 Å². The minimum absolute atomic E-state index is 0.611. The Morgan fingerprint density at radius 3 is 2.29 bits per heavy atom. The van der Waals surface area contributed by atoms with Gasteiger partial charge in [-0.2, -0.15) is 0 Å². The van der Waals surface area contributed by atoms with Gasteiger partial charge in [0.15, 0.2) is 0 Å². The molecule has 1 saturated carbocycles. The van der Waals surface area contributed by atoms with Crippen molar-refractivity contribution < 1.29 is 0 Å². The molecule has 0 saturated heterocycles. The lowest BCUT2D eigenvalue weighted by Gasteiger charge is -2.33. The Morgan fingerprint density at radius 2 is 1.64 bits per heavy atom. The molecule has 0 bridgehead atoms. The molecule has 1 unspecified atom stereocenters. The van der Waals surface area contributed by atoms with Crippen molar-refractivity contribution in [3.8, 4) is 0 Å². The molecule has 0 aliphatic heterocycles. The van der Waals surface area contributed by atoms with E-state index in [0.29, 0.717) is 5.16 Å². The monoisotopic (exact) mass is 206 g/mol. The van der Waals surface area contributed by atoms with E-state index in [9.17, 15) is 0 Å². The Balaban J connectivity index is 2.02. The van der Waals surface area contributed by atoms with Crippen LogP contribution in [0, 0.1) is 0 Å². The summed E-state index contributed by atoms with van der Waals surface area (Å²) in [6, 6.07) is 11.0. The van der Waals surface area contributed by atoms with Crippen LogP contribution in [0.25, 0.3) is 0 Å². The molecule has 1 atom stereocenters. The molecule has 0 amide bonds. The number of hydrogen-bond acceptors (Lipinski definition) is 0. The Kier molecular flexibility index (Phi) is 3.23. The van der Waals surface area contributed by atoms with E-state index in [4.69, 9.17) is 0 Å². The van der Waals surface area contributed by atoms with E-state index in [1.807, 2.05) is 0 Å². The quantitative estimate of drug-likeness (QED) is 0.647. The molecule has 1 heteroatoms. The highest BCUT2D eigenvalue weighted by Crippen LogP contribution is 2.42. The molecular formula is C13H19P. The Bertz CT molecular complexity index is 273. The predicted molar refractivity (Wildman–Crippen MR) is 65.9 cm³/mol. The van der Waals surface area contributed by atoms with Gasteiger partial charge in [-0.15, -0.1) is 0 Å². The van der Waals surface area contributed by atoms with Crippen LogP contribution in [0.1, 0.15) is 39.0 Å². The molecule has 2 rings (SSSR count). The van der Waals surface area contributed by atoms with E-state index in [-0.39, 0.29) is 0 Å². The molecule has 0 radical (unpaired) electrons. The fraction of sp³-hybridized carbons (Fsp3) is 0.538. The van der Waals surface area contributed by atoms with Gasteiger partial charge >= 0.3 is 0 Å². The van der Waals surface area contributed by atoms with Gasteiger partial charge in [-0.05, 0) is 23.3 Å². The predicted octanol–water partition coefficient (Wildman–Crippen LogP) is 3.71. The third-order valence-corrected chi connectivity index (χ3v) is 4.90. The standard InChI is InChI=1S/C13H19P/c1-13(10-6-3-7-11-13)14-12-8-4-2-5-9-12/h2,4-5,8-9,14H,3,6-7,10-11H2,1H3. The van der Waals surface area contributed by atoms with Gasteiger partial charge in [-0.1, -0.05) is 65.1 Å². The van der Waals surface area contributed by atoms with Gasteiger partial charge in [-0.25, -0.2) is 0 Å². The third-order valence-electron chi connectivity index (χ3n) is 3.18. The minimum Gasteiger partial charge on any atom is -0.0843 e. The van der Waals surface area contributed by atoms with Crippen LogP contribution in [0.3, 0.4) is 0 Å². The van der Waals surface area contributed by atoms with Crippen molar-refractivity contribution in [1.29, 1.82) is 0 Å². The summed E-state index contributed by atoms with van der Waals surface area (Å²) < 4.78 is 0. The molecule has 0 nitrogen and oxygen atoms in total. The van der Waals surface area contributed by atoms with Crippen molar-refractivity contribution in [3.05, 3.63) is 30.3 Å². The summed E-state index contributed by atoms with van der Waals surface area (Å²) in [5.41, 5.74) is 0. The van der Waals surface area contributed by atoms with Crippen molar-refractivity contribution in [2.75, 3.05) is 0 Å². The second-order valence-electron chi connectivity index (χ2n) is 4.61. The summed E-state index contributed by atoms with van der Waals surface area (Å²) in [6.45, 7) is 2.47. The summed E-state index contributed by atoms with van der Waals surface area (Å²) in [7, 11) is 1.01. The summed E-state index contributed by atoms with van der Waals surface area (Å²) in [4.78, 5) is 0. The first-order chi connectivity index (χ1) is 6.79. The van der Waals surface area contributed by atoms with E-state index in [1.54, 1.807) is 0 Å². The molecule has 0 heterocycles. The normalized spacial score (nSPS) is 21.5. The van der Waals surface area contributed by atoms with Crippen LogP contribution >= 0.6 is 8.58 Å². The fourth-order valence-electron chi connectivity index (χ4n) is 2.33. The van der Waals surface area contributed by atoms with Gasteiger partial charge in [0.2, 0.25) is 0 Å².